The van der Waals surface area contributed by atoms with E-state index in [0.29, 0.717) is 11.9 Å². The molecule has 1 aliphatic rings. The highest BCUT2D eigenvalue weighted by atomic mass is 15.1. The molecule has 0 bridgehead atoms. The molecule has 1 aromatic heterocycles. The van der Waals surface area contributed by atoms with Gasteiger partial charge in [-0.25, -0.2) is 15.0 Å². The van der Waals surface area contributed by atoms with Gasteiger partial charge in [0.15, 0.2) is 0 Å². The van der Waals surface area contributed by atoms with Crippen LogP contribution in [0.15, 0.2) is 36.9 Å². The van der Waals surface area contributed by atoms with Crippen molar-refractivity contribution in [1.29, 1.82) is 0 Å². The molecule has 0 radical (unpaired) electrons. The van der Waals surface area contributed by atoms with Crippen molar-refractivity contribution in [1.82, 2.24) is 15.0 Å². The van der Waals surface area contributed by atoms with Gasteiger partial charge in [0.2, 0.25) is 5.95 Å². The third kappa shape index (κ3) is 2.06. The van der Waals surface area contributed by atoms with Gasteiger partial charge in [-0.3, -0.25) is 0 Å². The number of nitrogens with zero attached hydrogens (tertiary/aromatic N) is 3. The standard InChI is InChI=1S/C14H16N4/c1-10-6-7-11-4-2-3-5-12(11)13(10)18-14-16-8-15-9-17-14/h2-5,8-10,13H,6-7H2,1H3,(H,15,16,17,18). The largest absolute Gasteiger partial charge is 0.347 e. The van der Waals surface area contributed by atoms with Crippen molar-refractivity contribution < 1.29 is 0 Å². The van der Waals surface area contributed by atoms with E-state index in [1.807, 2.05) is 0 Å². The summed E-state index contributed by atoms with van der Waals surface area (Å²) in [6.07, 6.45) is 5.40. The Morgan fingerprint density at radius 3 is 2.78 bits per heavy atom. The second-order valence-electron chi connectivity index (χ2n) is 4.80. The van der Waals surface area contributed by atoms with Crippen LogP contribution in [0.3, 0.4) is 0 Å². The third-order valence-electron chi connectivity index (χ3n) is 3.61. The van der Waals surface area contributed by atoms with Gasteiger partial charge in [0.05, 0.1) is 6.04 Å². The number of hydrogen-bond acceptors (Lipinski definition) is 4. The fraction of sp³-hybridized carbons (Fsp3) is 0.357. The molecule has 4 nitrogen and oxygen atoms in total. The van der Waals surface area contributed by atoms with Gasteiger partial charge < -0.3 is 5.32 Å². The van der Waals surface area contributed by atoms with Crippen LogP contribution in [0.5, 0.6) is 0 Å². The summed E-state index contributed by atoms with van der Waals surface area (Å²) in [5.41, 5.74) is 2.80. The molecule has 4 heteroatoms. The Morgan fingerprint density at radius 1 is 1.17 bits per heavy atom. The average Bonchev–Trinajstić information content (AvgIpc) is 2.43. The van der Waals surface area contributed by atoms with Gasteiger partial charge in [0.1, 0.15) is 12.7 Å². The summed E-state index contributed by atoms with van der Waals surface area (Å²) in [7, 11) is 0. The summed E-state index contributed by atoms with van der Waals surface area (Å²) < 4.78 is 0. The van der Waals surface area contributed by atoms with E-state index in [9.17, 15) is 0 Å². The maximum atomic E-state index is 4.15. The van der Waals surface area contributed by atoms with Crippen LogP contribution in [0.25, 0.3) is 0 Å². The minimum Gasteiger partial charge on any atom is -0.347 e. The van der Waals surface area contributed by atoms with Crippen molar-refractivity contribution >= 4 is 5.95 Å². The molecule has 0 amide bonds. The van der Waals surface area contributed by atoms with Crippen LogP contribution in [-0.2, 0) is 6.42 Å². The summed E-state index contributed by atoms with van der Waals surface area (Å²) >= 11 is 0. The zero-order valence-corrected chi connectivity index (χ0v) is 10.4. The van der Waals surface area contributed by atoms with Crippen molar-refractivity contribution in [2.45, 2.75) is 25.8 Å². The Bertz CT molecular complexity index is 526. The number of anilines is 1. The Balaban J connectivity index is 1.91. The molecule has 0 saturated carbocycles. The monoisotopic (exact) mass is 240 g/mol. The van der Waals surface area contributed by atoms with E-state index in [-0.39, 0.29) is 6.04 Å². The Kier molecular flexibility index (Phi) is 2.92. The van der Waals surface area contributed by atoms with Gasteiger partial charge in [0.25, 0.3) is 0 Å². The van der Waals surface area contributed by atoms with Gasteiger partial charge in [-0.1, -0.05) is 31.2 Å². The Labute approximate surface area is 107 Å². The average molecular weight is 240 g/mol. The van der Waals surface area contributed by atoms with E-state index in [4.69, 9.17) is 0 Å². The van der Waals surface area contributed by atoms with Crippen LogP contribution in [0.2, 0.25) is 0 Å². The lowest BCUT2D eigenvalue weighted by molar-refractivity contribution is 0.432. The highest BCUT2D eigenvalue weighted by Gasteiger charge is 2.26. The predicted octanol–water partition coefficient (Wildman–Crippen LogP) is 2.61. The van der Waals surface area contributed by atoms with Gasteiger partial charge in [-0.2, -0.15) is 0 Å². The highest BCUT2D eigenvalue weighted by molar-refractivity contribution is 5.38. The van der Waals surface area contributed by atoms with Crippen LogP contribution in [-0.4, -0.2) is 15.0 Å². The van der Waals surface area contributed by atoms with Crippen molar-refractivity contribution in [3.63, 3.8) is 0 Å². The Hall–Kier alpha value is -1.97. The topological polar surface area (TPSA) is 50.7 Å². The zero-order valence-electron chi connectivity index (χ0n) is 10.4. The van der Waals surface area contributed by atoms with Crippen LogP contribution < -0.4 is 5.32 Å². The van der Waals surface area contributed by atoms with Gasteiger partial charge in [0, 0.05) is 0 Å². The molecule has 1 heterocycles. The van der Waals surface area contributed by atoms with Crippen LogP contribution in [0.4, 0.5) is 5.95 Å². The van der Waals surface area contributed by atoms with E-state index >= 15 is 0 Å². The summed E-state index contributed by atoms with van der Waals surface area (Å²) in [6.45, 7) is 2.27. The van der Waals surface area contributed by atoms with Crippen LogP contribution in [0, 0.1) is 5.92 Å². The maximum Gasteiger partial charge on any atom is 0.226 e. The first-order chi connectivity index (χ1) is 8.84. The molecule has 18 heavy (non-hydrogen) atoms. The zero-order chi connectivity index (χ0) is 12.4. The second-order valence-corrected chi connectivity index (χ2v) is 4.80. The number of rotatable bonds is 2. The molecule has 1 N–H and O–H groups in total. The molecule has 2 atom stereocenters. The summed E-state index contributed by atoms with van der Waals surface area (Å²) in [5, 5.41) is 3.42. The number of nitrogens with one attached hydrogen (secondary N) is 1. The van der Waals surface area contributed by atoms with Crippen LogP contribution in [0.1, 0.15) is 30.5 Å². The maximum absolute atomic E-state index is 4.15. The lowest BCUT2D eigenvalue weighted by Gasteiger charge is -2.31. The molecule has 1 aliphatic carbocycles. The van der Waals surface area contributed by atoms with Crippen molar-refractivity contribution in [2.75, 3.05) is 5.32 Å². The minimum atomic E-state index is 0.289. The molecule has 1 aromatic carbocycles. The second kappa shape index (κ2) is 4.72. The fourth-order valence-electron chi connectivity index (χ4n) is 2.59. The van der Waals surface area contributed by atoms with E-state index in [2.05, 4.69) is 51.5 Å². The summed E-state index contributed by atoms with van der Waals surface area (Å²) in [5.74, 6) is 1.23. The quantitative estimate of drug-likeness (QED) is 0.876. The van der Waals surface area contributed by atoms with Crippen molar-refractivity contribution in [3.05, 3.63) is 48.0 Å². The predicted molar refractivity (Wildman–Crippen MR) is 70.1 cm³/mol. The van der Waals surface area contributed by atoms with E-state index in [1.165, 1.54) is 30.2 Å². The number of hydrogen-bond donors (Lipinski definition) is 1. The normalized spacial score (nSPS) is 22.3. The lowest BCUT2D eigenvalue weighted by atomic mass is 9.81. The van der Waals surface area contributed by atoms with Gasteiger partial charge in [-0.15, -0.1) is 0 Å². The first kappa shape index (κ1) is 11.1. The van der Waals surface area contributed by atoms with E-state index in [0.717, 1.165) is 6.42 Å². The summed E-state index contributed by atoms with van der Waals surface area (Å²) in [6, 6.07) is 8.90. The molecule has 2 aromatic rings. The number of benzene rings is 1. The summed E-state index contributed by atoms with van der Waals surface area (Å²) in [4.78, 5) is 12.1. The highest BCUT2D eigenvalue weighted by Crippen LogP contribution is 2.35. The minimum absolute atomic E-state index is 0.289. The first-order valence-electron chi connectivity index (χ1n) is 6.31. The number of aryl methyl sites for hydroxylation is 1. The molecule has 92 valence electrons. The number of aromatic nitrogens is 3. The van der Waals surface area contributed by atoms with Gasteiger partial charge in [-0.05, 0) is 29.9 Å². The Morgan fingerprint density at radius 2 is 1.94 bits per heavy atom. The molecule has 0 fully saturated rings. The molecule has 0 spiro atoms. The van der Waals surface area contributed by atoms with Crippen LogP contribution >= 0.6 is 0 Å². The molecular formula is C14H16N4. The molecule has 0 saturated heterocycles. The van der Waals surface area contributed by atoms with Crippen molar-refractivity contribution in [2.24, 2.45) is 5.92 Å². The SMILES string of the molecule is CC1CCc2ccccc2C1Nc1ncncn1. The number of fused-ring (bicyclic) bond motifs is 1. The molecular weight excluding hydrogens is 224 g/mol. The van der Waals surface area contributed by atoms with E-state index in [1.54, 1.807) is 0 Å². The third-order valence-corrected chi connectivity index (χ3v) is 3.61. The lowest BCUT2D eigenvalue weighted by Crippen LogP contribution is -2.25. The molecule has 3 rings (SSSR count). The smallest absolute Gasteiger partial charge is 0.226 e. The molecule has 2 unspecified atom stereocenters. The van der Waals surface area contributed by atoms with E-state index < -0.39 is 0 Å². The van der Waals surface area contributed by atoms with Crippen molar-refractivity contribution in [3.8, 4) is 0 Å². The first-order valence-corrected chi connectivity index (χ1v) is 6.31. The fourth-order valence-corrected chi connectivity index (χ4v) is 2.59. The van der Waals surface area contributed by atoms with Gasteiger partial charge >= 0.3 is 0 Å². The molecule has 0 aliphatic heterocycles.